The fourth-order valence-corrected chi connectivity index (χ4v) is 3.01. The molecule has 0 saturated heterocycles. The molecule has 1 rings (SSSR count). The third-order valence-corrected chi connectivity index (χ3v) is 4.15. The van der Waals surface area contributed by atoms with E-state index in [1.807, 2.05) is 0 Å². The van der Waals surface area contributed by atoms with E-state index in [4.69, 9.17) is 17.3 Å². The molecule has 0 saturated carbocycles. The van der Waals surface area contributed by atoms with Crippen LogP contribution in [0.2, 0.25) is 5.02 Å². The first-order valence-electron chi connectivity index (χ1n) is 5.11. The Morgan fingerprint density at radius 1 is 1.45 bits per heavy atom. The SMILES string of the molecule is NCC(F)(F)CNS(=O)(=O)c1c(Cl)cccc1[N+](=O)[O-]. The molecule has 112 valence electrons. The molecule has 0 fully saturated rings. The van der Waals surface area contributed by atoms with E-state index in [9.17, 15) is 27.3 Å². The number of halogens is 3. The molecule has 1 aromatic carbocycles. The predicted molar refractivity (Wildman–Crippen MR) is 67.3 cm³/mol. The summed E-state index contributed by atoms with van der Waals surface area (Å²) in [5, 5.41) is 10.3. The van der Waals surface area contributed by atoms with E-state index >= 15 is 0 Å². The number of hydrogen-bond acceptors (Lipinski definition) is 5. The van der Waals surface area contributed by atoms with Crippen molar-refractivity contribution < 1.29 is 22.1 Å². The highest BCUT2D eigenvalue weighted by molar-refractivity contribution is 7.89. The van der Waals surface area contributed by atoms with Crippen LogP contribution in [0.1, 0.15) is 0 Å². The Kier molecular flexibility index (Phi) is 4.97. The van der Waals surface area contributed by atoms with E-state index in [-0.39, 0.29) is 0 Å². The summed E-state index contributed by atoms with van der Waals surface area (Å²) < 4.78 is 51.2. The van der Waals surface area contributed by atoms with E-state index < -0.39 is 49.6 Å². The zero-order chi connectivity index (χ0) is 15.6. The van der Waals surface area contributed by atoms with Crippen molar-refractivity contribution in [3.05, 3.63) is 33.3 Å². The normalized spacial score (nSPS) is 12.4. The van der Waals surface area contributed by atoms with Gasteiger partial charge in [0, 0.05) is 6.07 Å². The Bertz CT molecular complexity index is 624. The number of nitrogens with zero attached hydrogens (tertiary/aromatic N) is 1. The lowest BCUT2D eigenvalue weighted by Gasteiger charge is -2.15. The maximum absolute atomic E-state index is 12.9. The molecule has 0 aliphatic carbocycles. The summed E-state index contributed by atoms with van der Waals surface area (Å²) in [7, 11) is -4.57. The second kappa shape index (κ2) is 5.95. The molecule has 1 aromatic rings. The van der Waals surface area contributed by atoms with Crippen molar-refractivity contribution in [3.63, 3.8) is 0 Å². The molecule has 3 N–H and O–H groups in total. The second-order valence-corrected chi connectivity index (χ2v) is 5.84. The molecule has 0 aromatic heterocycles. The van der Waals surface area contributed by atoms with Crippen molar-refractivity contribution >= 4 is 27.3 Å². The summed E-state index contributed by atoms with van der Waals surface area (Å²) in [5.74, 6) is -3.47. The first kappa shape index (κ1) is 16.7. The van der Waals surface area contributed by atoms with Crippen molar-refractivity contribution in [1.29, 1.82) is 0 Å². The lowest BCUT2D eigenvalue weighted by atomic mass is 10.3. The molecule has 0 aliphatic rings. The maximum atomic E-state index is 12.9. The molecule has 0 heterocycles. The fraction of sp³-hybridized carbons (Fsp3) is 0.333. The third-order valence-electron chi connectivity index (χ3n) is 2.23. The van der Waals surface area contributed by atoms with Gasteiger partial charge < -0.3 is 5.73 Å². The number of hydrogen-bond donors (Lipinski definition) is 2. The molecule has 0 radical (unpaired) electrons. The van der Waals surface area contributed by atoms with E-state index in [1.165, 1.54) is 6.07 Å². The van der Waals surface area contributed by atoms with Crippen molar-refractivity contribution in [1.82, 2.24) is 4.72 Å². The van der Waals surface area contributed by atoms with Gasteiger partial charge in [0.2, 0.25) is 10.0 Å². The fourth-order valence-electron chi connectivity index (χ4n) is 1.25. The summed E-state index contributed by atoms with van der Waals surface area (Å²) in [6.45, 7) is -2.35. The first-order chi connectivity index (χ1) is 9.10. The number of nitro groups is 1. The average Bonchev–Trinajstić information content (AvgIpc) is 2.36. The minimum atomic E-state index is -4.57. The number of sulfonamides is 1. The van der Waals surface area contributed by atoms with E-state index in [1.54, 1.807) is 4.72 Å². The van der Waals surface area contributed by atoms with Gasteiger partial charge in [-0.3, -0.25) is 10.1 Å². The van der Waals surface area contributed by atoms with Crippen LogP contribution < -0.4 is 10.5 Å². The van der Waals surface area contributed by atoms with Crippen LogP contribution in [-0.2, 0) is 10.0 Å². The summed E-state index contributed by atoms with van der Waals surface area (Å²) in [6, 6.07) is 3.18. The van der Waals surface area contributed by atoms with Crippen LogP contribution in [0.3, 0.4) is 0 Å². The van der Waals surface area contributed by atoms with Gasteiger partial charge in [0.15, 0.2) is 4.90 Å². The zero-order valence-electron chi connectivity index (χ0n) is 9.85. The average molecular weight is 330 g/mol. The lowest BCUT2D eigenvalue weighted by molar-refractivity contribution is -0.387. The topological polar surface area (TPSA) is 115 Å². The van der Waals surface area contributed by atoms with Gasteiger partial charge in [-0.05, 0) is 6.07 Å². The highest BCUT2D eigenvalue weighted by atomic mass is 35.5. The van der Waals surface area contributed by atoms with Gasteiger partial charge in [0.05, 0.1) is 23.0 Å². The van der Waals surface area contributed by atoms with E-state index in [0.29, 0.717) is 0 Å². The van der Waals surface area contributed by atoms with Crippen LogP contribution in [-0.4, -0.2) is 32.4 Å². The molecule has 0 atom stereocenters. The van der Waals surface area contributed by atoms with Gasteiger partial charge in [-0.2, -0.15) is 0 Å². The van der Waals surface area contributed by atoms with E-state index in [2.05, 4.69) is 0 Å². The Labute approximate surface area is 117 Å². The molecule has 0 aliphatic heterocycles. The van der Waals surface area contributed by atoms with Gasteiger partial charge >= 0.3 is 0 Å². The number of alkyl halides is 2. The molecule has 0 amide bonds. The number of nitro benzene ring substituents is 1. The van der Waals surface area contributed by atoms with Gasteiger partial charge in [0.1, 0.15) is 0 Å². The molecule has 11 heteroatoms. The van der Waals surface area contributed by atoms with Crippen LogP contribution in [0, 0.1) is 10.1 Å². The van der Waals surface area contributed by atoms with Gasteiger partial charge in [-0.25, -0.2) is 21.9 Å². The van der Waals surface area contributed by atoms with E-state index in [0.717, 1.165) is 12.1 Å². The van der Waals surface area contributed by atoms with Crippen molar-refractivity contribution in [2.45, 2.75) is 10.8 Å². The second-order valence-electron chi connectivity index (χ2n) is 3.73. The summed E-state index contributed by atoms with van der Waals surface area (Å²) in [6.07, 6.45) is 0. The minimum absolute atomic E-state index is 0.442. The van der Waals surface area contributed by atoms with Crippen LogP contribution in [0.5, 0.6) is 0 Å². The number of nitrogens with one attached hydrogen (secondary N) is 1. The number of rotatable bonds is 6. The standard InChI is InChI=1S/C9H10ClF2N3O4S/c10-6-2-1-3-7(15(16)17)8(6)20(18,19)14-5-9(11,12)4-13/h1-3,14H,4-5,13H2. The van der Waals surface area contributed by atoms with Crippen LogP contribution >= 0.6 is 11.6 Å². The predicted octanol–water partition coefficient (Wildman–Crippen LogP) is 1.12. The Morgan fingerprint density at radius 2 is 2.05 bits per heavy atom. The third kappa shape index (κ3) is 3.82. The maximum Gasteiger partial charge on any atom is 0.290 e. The van der Waals surface area contributed by atoms with Gasteiger partial charge in [-0.15, -0.1) is 0 Å². The largest absolute Gasteiger partial charge is 0.325 e. The van der Waals surface area contributed by atoms with Crippen LogP contribution in [0.25, 0.3) is 0 Å². The summed E-state index contributed by atoms with van der Waals surface area (Å²) in [5.41, 5.74) is 3.96. The smallest absolute Gasteiger partial charge is 0.290 e. The first-order valence-corrected chi connectivity index (χ1v) is 6.97. The number of nitrogens with two attached hydrogens (primary N) is 1. The molecular weight excluding hydrogens is 320 g/mol. The van der Waals surface area contributed by atoms with Gasteiger partial charge in [0.25, 0.3) is 11.6 Å². The molecular formula is C9H10ClF2N3O4S. The summed E-state index contributed by atoms with van der Waals surface area (Å²) >= 11 is 5.61. The quantitative estimate of drug-likeness (QED) is 0.599. The minimum Gasteiger partial charge on any atom is -0.325 e. The Morgan fingerprint density at radius 3 is 2.55 bits per heavy atom. The molecule has 0 spiro atoms. The molecule has 20 heavy (non-hydrogen) atoms. The lowest BCUT2D eigenvalue weighted by Crippen LogP contribution is -2.41. The Hall–Kier alpha value is -1.36. The van der Waals surface area contributed by atoms with Crippen LogP contribution in [0.4, 0.5) is 14.5 Å². The van der Waals surface area contributed by atoms with Crippen LogP contribution in [0.15, 0.2) is 23.1 Å². The zero-order valence-corrected chi connectivity index (χ0v) is 11.4. The molecule has 0 unspecified atom stereocenters. The van der Waals surface area contributed by atoms with Crippen molar-refractivity contribution in [3.8, 4) is 0 Å². The van der Waals surface area contributed by atoms with Gasteiger partial charge in [-0.1, -0.05) is 17.7 Å². The summed E-state index contributed by atoms with van der Waals surface area (Å²) in [4.78, 5) is 8.93. The number of benzene rings is 1. The Balaban J connectivity index is 3.20. The van der Waals surface area contributed by atoms with Crippen molar-refractivity contribution in [2.75, 3.05) is 13.1 Å². The molecule has 0 bridgehead atoms. The van der Waals surface area contributed by atoms with Crippen molar-refractivity contribution in [2.24, 2.45) is 5.73 Å². The molecule has 7 nitrogen and oxygen atoms in total. The monoisotopic (exact) mass is 329 g/mol. The highest BCUT2D eigenvalue weighted by Crippen LogP contribution is 2.30. The highest BCUT2D eigenvalue weighted by Gasteiger charge is 2.33.